The lowest BCUT2D eigenvalue weighted by atomic mass is 10.5. The summed E-state index contributed by atoms with van der Waals surface area (Å²) in [4.78, 5) is 1.43. The Hall–Kier alpha value is 0.430. The quantitative estimate of drug-likeness (QED) is 0.619. The van der Waals surface area contributed by atoms with Crippen LogP contribution >= 0.6 is 38.9 Å². The van der Waals surface area contributed by atoms with Crippen LogP contribution in [0.3, 0.4) is 0 Å². The van der Waals surface area contributed by atoms with Crippen molar-refractivity contribution in [1.82, 2.24) is 5.32 Å². The minimum atomic E-state index is 0.227. The monoisotopic (exact) mass is 239 g/mol. The largest absolute Gasteiger partial charge is 0.304 e. The maximum Gasteiger partial charge on any atom is 0.0977 e. The molecule has 0 radical (unpaired) electrons. The molecule has 1 nitrogen and oxygen atoms in total. The molecule has 0 aliphatic carbocycles. The van der Waals surface area contributed by atoms with Gasteiger partial charge in [-0.2, -0.15) is 0 Å². The lowest BCUT2D eigenvalue weighted by Crippen LogP contribution is -2.07. The molecule has 10 heavy (non-hydrogen) atoms. The first-order valence-corrected chi connectivity index (χ1v) is 4.91. The van der Waals surface area contributed by atoms with Gasteiger partial charge < -0.3 is 5.32 Å². The molecular weight excluding hydrogens is 233 g/mol. The predicted octanol–water partition coefficient (Wildman–Crippen LogP) is 3.01. The Labute approximate surface area is 77.5 Å². The van der Waals surface area contributed by atoms with Crippen molar-refractivity contribution in [3.05, 3.63) is 21.3 Å². The second-order valence-corrected chi connectivity index (χ2v) is 4.46. The van der Waals surface area contributed by atoms with E-state index in [2.05, 4.69) is 21.2 Å². The summed E-state index contributed by atoms with van der Waals surface area (Å²) in [6.07, 6.45) is 0. The van der Waals surface area contributed by atoms with E-state index in [9.17, 15) is 0 Å². The summed E-state index contributed by atoms with van der Waals surface area (Å²) in [5.41, 5.74) is 0. The third-order valence-corrected chi connectivity index (χ3v) is 3.65. The van der Waals surface area contributed by atoms with Crippen molar-refractivity contribution in [2.45, 2.75) is 4.95 Å². The third-order valence-electron chi connectivity index (χ3n) is 1.10. The van der Waals surface area contributed by atoms with Crippen LogP contribution < -0.4 is 5.32 Å². The fourth-order valence-corrected chi connectivity index (χ4v) is 2.09. The van der Waals surface area contributed by atoms with E-state index in [1.807, 2.05) is 19.2 Å². The van der Waals surface area contributed by atoms with Gasteiger partial charge in [-0.25, -0.2) is 0 Å². The van der Waals surface area contributed by atoms with Crippen LogP contribution in [-0.2, 0) is 0 Å². The molecule has 1 unspecified atom stereocenters. The maximum atomic E-state index is 5.73. The highest BCUT2D eigenvalue weighted by atomic mass is 79.9. The van der Waals surface area contributed by atoms with Crippen molar-refractivity contribution < 1.29 is 0 Å². The van der Waals surface area contributed by atoms with Crippen LogP contribution in [0.5, 0.6) is 0 Å². The van der Waals surface area contributed by atoms with Crippen molar-refractivity contribution in [2.75, 3.05) is 7.05 Å². The zero-order valence-electron chi connectivity index (χ0n) is 5.40. The molecule has 1 heterocycles. The normalized spacial score (nSPS) is 13.5. The Kier molecular flexibility index (Phi) is 3.17. The standard InChI is InChI=1S/C6H7BrClNS/c1-9-6(7)4-2-3-5(8)10-4/h2-3,6,9H,1H3. The van der Waals surface area contributed by atoms with E-state index in [0.29, 0.717) is 0 Å². The van der Waals surface area contributed by atoms with Gasteiger partial charge in [-0.1, -0.05) is 27.5 Å². The summed E-state index contributed by atoms with van der Waals surface area (Å²) in [6, 6.07) is 3.90. The summed E-state index contributed by atoms with van der Waals surface area (Å²) < 4.78 is 0.828. The van der Waals surface area contributed by atoms with Crippen molar-refractivity contribution in [3.63, 3.8) is 0 Å². The molecule has 0 aliphatic heterocycles. The molecule has 1 aromatic heterocycles. The van der Waals surface area contributed by atoms with E-state index in [0.717, 1.165) is 4.34 Å². The molecule has 0 amide bonds. The van der Waals surface area contributed by atoms with Crippen molar-refractivity contribution in [3.8, 4) is 0 Å². The molecule has 0 bridgehead atoms. The minimum absolute atomic E-state index is 0.227. The van der Waals surface area contributed by atoms with E-state index in [1.165, 1.54) is 4.88 Å². The lowest BCUT2D eigenvalue weighted by molar-refractivity contribution is 0.822. The Morgan fingerprint density at radius 3 is 2.80 bits per heavy atom. The fraction of sp³-hybridized carbons (Fsp3) is 0.333. The zero-order chi connectivity index (χ0) is 7.56. The Morgan fingerprint density at radius 2 is 2.40 bits per heavy atom. The molecule has 0 spiro atoms. The van der Waals surface area contributed by atoms with Gasteiger partial charge in [0.15, 0.2) is 0 Å². The molecule has 0 fully saturated rings. The van der Waals surface area contributed by atoms with Crippen LogP contribution in [0.4, 0.5) is 0 Å². The second-order valence-electron chi connectivity index (χ2n) is 1.79. The highest BCUT2D eigenvalue weighted by Gasteiger charge is 2.05. The molecule has 0 aliphatic rings. The second kappa shape index (κ2) is 3.72. The van der Waals surface area contributed by atoms with Gasteiger partial charge in [-0.05, 0) is 19.2 Å². The summed E-state index contributed by atoms with van der Waals surface area (Å²) in [7, 11) is 1.90. The van der Waals surface area contributed by atoms with Crippen molar-refractivity contribution in [1.29, 1.82) is 0 Å². The number of alkyl halides is 1. The molecule has 56 valence electrons. The van der Waals surface area contributed by atoms with E-state index in [-0.39, 0.29) is 4.95 Å². The van der Waals surface area contributed by atoms with Gasteiger partial charge in [0.1, 0.15) is 0 Å². The number of nitrogens with one attached hydrogen (secondary N) is 1. The molecule has 0 aromatic carbocycles. The first-order valence-electron chi connectivity index (χ1n) is 2.80. The van der Waals surface area contributed by atoms with Gasteiger partial charge in [0.25, 0.3) is 0 Å². The summed E-state index contributed by atoms with van der Waals surface area (Å²) in [6.45, 7) is 0. The number of rotatable bonds is 2. The van der Waals surface area contributed by atoms with Crippen molar-refractivity contribution >= 4 is 38.9 Å². The van der Waals surface area contributed by atoms with Crippen molar-refractivity contribution in [2.24, 2.45) is 0 Å². The Morgan fingerprint density at radius 1 is 1.70 bits per heavy atom. The lowest BCUT2D eigenvalue weighted by Gasteiger charge is -2.02. The first-order chi connectivity index (χ1) is 4.74. The van der Waals surface area contributed by atoms with Gasteiger partial charge >= 0.3 is 0 Å². The van der Waals surface area contributed by atoms with Crippen LogP contribution in [0, 0.1) is 0 Å². The maximum absolute atomic E-state index is 5.73. The van der Waals surface area contributed by atoms with Crippen LogP contribution in [0.25, 0.3) is 0 Å². The van der Waals surface area contributed by atoms with Gasteiger partial charge in [0, 0.05) is 4.88 Å². The summed E-state index contributed by atoms with van der Waals surface area (Å²) in [5, 5.41) is 3.06. The van der Waals surface area contributed by atoms with Crippen LogP contribution in [0.2, 0.25) is 4.34 Å². The summed E-state index contributed by atoms with van der Waals surface area (Å²) in [5.74, 6) is 0. The smallest absolute Gasteiger partial charge is 0.0977 e. The van der Waals surface area contributed by atoms with Gasteiger partial charge in [0.2, 0.25) is 0 Å². The first kappa shape index (κ1) is 8.53. The number of halogens is 2. The van der Waals surface area contributed by atoms with E-state index in [1.54, 1.807) is 11.3 Å². The van der Waals surface area contributed by atoms with Crippen LogP contribution in [-0.4, -0.2) is 7.05 Å². The topological polar surface area (TPSA) is 12.0 Å². The molecule has 1 rings (SSSR count). The molecule has 4 heteroatoms. The number of hydrogen-bond acceptors (Lipinski definition) is 2. The minimum Gasteiger partial charge on any atom is -0.304 e. The van der Waals surface area contributed by atoms with E-state index in [4.69, 9.17) is 11.6 Å². The summed E-state index contributed by atoms with van der Waals surface area (Å²) >= 11 is 10.7. The van der Waals surface area contributed by atoms with Crippen LogP contribution in [0.15, 0.2) is 12.1 Å². The zero-order valence-corrected chi connectivity index (χ0v) is 8.55. The Balaban J connectivity index is 2.74. The fourth-order valence-electron chi connectivity index (χ4n) is 0.607. The molecule has 1 atom stereocenters. The van der Waals surface area contributed by atoms with Crippen LogP contribution in [0.1, 0.15) is 9.83 Å². The number of thiophene rings is 1. The molecule has 1 aromatic rings. The van der Waals surface area contributed by atoms with Gasteiger partial charge in [0.05, 0.1) is 9.29 Å². The van der Waals surface area contributed by atoms with E-state index >= 15 is 0 Å². The number of hydrogen-bond donors (Lipinski definition) is 1. The molecule has 0 saturated heterocycles. The average molecular weight is 241 g/mol. The molecular formula is C6H7BrClNS. The average Bonchev–Trinajstić information content (AvgIpc) is 2.34. The highest BCUT2D eigenvalue weighted by Crippen LogP contribution is 2.29. The highest BCUT2D eigenvalue weighted by molar-refractivity contribution is 9.09. The molecule has 1 N–H and O–H groups in total. The predicted molar refractivity (Wildman–Crippen MR) is 50.1 cm³/mol. The third kappa shape index (κ3) is 1.95. The SMILES string of the molecule is CNC(Br)c1ccc(Cl)s1. The Bertz CT molecular complexity index is 213. The van der Waals surface area contributed by atoms with Gasteiger partial charge in [-0.15, -0.1) is 11.3 Å². The van der Waals surface area contributed by atoms with Gasteiger partial charge in [-0.3, -0.25) is 0 Å². The van der Waals surface area contributed by atoms with E-state index < -0.39 is 0 Å². The molecule has 0 saturated carbocycles.